The molecule has 1 aromatic heterocycles. The van der Waals surface area contributed by atoms with Gasteiger partial charge < -0.3 is 0 Å². The molecule has 0 aliphatic rings. The molecule has 0 radical (unpaired) electrons. The van der Waals surface area contributed by atoms with Crippen molar-refractivity contribution in [3.63, 3.8) is 0 Å². The Morgan fingerprint density at radius 1 is 1.30 bits per heavy atom. The Morgan fingerprint density at radius 3 is 2.77 bits per heavy atom. The Hall–Kier alpha value is -2.42. The number of hydrogen-bond acceptors (Lipinski definition) is 5. The van der Waals surface area contributed by atoms with Gasteiger partial charge in [-0.25, -0.2) is 5.43 Å². The summed E-state index contributed by atoms with van der Waals surface area (Å²) in [5.41, 5.74) is 5.22. The van der Waals surface area contributed by atoms with Crippen molar-refractivity contribution >= 4 is 51.4 Å². The molecule has 0 unspecified atom stereocenters. The number of hydrazone groups is 1. The number of aromatic nitrogens is 3. The smallest absolute Gasteiger partial charge is 0.250 e. The van der Waals surface area contributed by atoms with Gasteiger partial charge in [-0.15, -0.1) is 10.2 Å². The van der Waals surface area contributed by atoms with E-state index in [9.17, 15) is 4.79 Å². The van der Waals surface area contributed by atoms with Crippen LogP contribution in [0.25, 0.3) is 11.4 Å². The molecular formula is C21H19BrClN5OS. The fraction of sp³-hybridized carbons (Fsp3) is 0.143. The third kappa shape index (κ3) is 6.29. The highest BCUT2D eigenvalue weighted by molar-refractivity contribution is 9.10. The number of rotatable bonds is 8. The van der Waals surface area contributed by atoms with Gasteiger partial charge in [-0.05, 0) is 36.8 Å². The molecule has 1 N–H and O–H groups in total. The van der Waals surface area contributed by atoms with Crippen LogP contribution in [0.1, 0.15) is 12.5 Å². The Morgan fingerprint density at radius 2 is 2.07 bits per heavy atom. The van der Waals surface area contributed by atoms with Crippen LogP contribution in [-0.2, 0) is 11.3 Å². The maximum absolute atomic E-state index is 12.2. The summed E-state index contributed by atoms with van der Waals surface area (Å²) in [7, 11) is 0. The molecule has 0 saturated heterocycles. The Labute approximate surface area is 192 Å². The zero-order valence-electron chi connectivity index (χ0n) is 16.2. The molecule has 0 atom stereocenters. The summed E-state index contributed by atoms with van der Waals surface area (Å²) in [5.74, 6) is 0.641. The molecule has 3 rings (SSSR count). The lowest BCUT2D eigenvalue weighted by molar-refractivity contribution is -0.118. The second kappa shape index (κ2) is 10.6. The zero-order valence-corrected chi connectivity index (χ0v) is 19.3. The summed E-state index contributed by atoms with van der Waals surface area (Å²) in [6, 6.07) is 15.0. The molecular weight excluding hydrogens is 486 g/mol. The topological polar surface area (TPSA) is 72.2 Å². The van der Waals surface area contributed by atoms with Crippen LogP contribution in [0.15, 0.2) is 75.4 Å². The summed E-state index contributed by atoms with van der Waals surface area (Å²) in [5, 5.41) is 13.8. The fourth-order valence-electron chi connectivity index (χ4n) is 2.55. The number of allylic oxidation sites excluding steroid dienone is 1. The van der Waals surface area contributed by atoms with E-state index in [1.54, 1.807) is 18.3 Å². The van der Waals surface area contributed by atoms with E-state index in [0.29, 0.717) is 16.7 Å². The van der Waals surface area contributed by atoms with Crippen molar-refractivity contribution in [3.05, 3.63) is 75.7 Å². The van der Waals surface area contributed by atoms with Gasteiger partial charge in [0, 0.05) is 21.6 Å². The minimum absolute atomic E-state index is 0.154. The number of nitrogens with zero attached hydrogens (tertiary/aromatic N) is 4. The Bertz CT molecular complexity index is 1080. The van der Waals surface area contributed by atoms with E-state index in [1.165, 1.54) is 11.8 Å². The number of halogens is 2. The first-order valence-electron chi connectivity index (χ1n) is 8.96. The molecule has 9 heteroatoms. The van der Waals surface area contributed by atoms with Gasteiger partial charge in [0.1, 0.15) is 0 Å². The van der Waals surface area contributed by atoms with Crippen LogP contribution >= 0.6 is 39.3 Å². The van der Waals surface area contributed by atoms with E-state index in [2.05, 4.69) is 43.2 Å². The summed E-state index contributed by atoms with van der Waals surface area (Å²) in [6.07, 6.45) is 1.55. The highest BCUT2D eigenvalue weighted by atomic mass is 79.9. The lowest BCUT2D eigenvalue weighted by Gasteiger charge is -2.10. The van der Waals surface area contributed by atoms with Crippen molar-refractivity contribution in [3.8, 4) is 11.4 Å². The van der Waals surface area contributed by atoms with Crippen LogP contribution in [0.5, 0.6) is 0 Å². The van der Waals surface area contributed by atoms with Gasteiger partial charge in [-0.2, -0.15) is 5.10 Å². The Balaban J connectivity index is 1.66. The van der Waals surface area contributed by atoms with Crippen molar-refractivity contribution in [2.24, 2.45) is 5.10 Å². The molecule has 2 aromatic carbocycles. The fourth-order valence-corrected chi connectivity index (χ4v) is 3.74. The minimum atomic E-state index is -0.242. The van der Waals surface area contributed by atoms with Gasteiger partial charge in [-0.1, -0.05) is 75.7 Å². The van der Waals surface area contributed by atoms with E-state index in [4.69, 9.17) is 11.6 Å². The predicted octanol–water partition coefficient (Wildman–Crippen LogP) is 5.18. The third-order valence-electron chi connectivity index (χ3n) is 3.83. The quantitative estimate of drug-likeness (QED) is 0.199. The first-order chi connectivity index (χ1) is 14.4. The summed E-state index contributed by atoms with van der Waals surface area (Å²) in [4.78, 5) is 12.2. The zero-order chi connectivity index (χ0) is 21.5. The highest BCUT2D eigenvalue weighted by Gasteiger charge is 2.15. The average molecular weight is 505 g/mol. The van der Waals surface area contributed by atoms with E-state index in [1.807, 2.05) is 47.9 Å². The standard InChI is InChI=1S/C21H19BrClN5OS/c1-14(2)12-28-20(16-6-8-17(22)9-7-16)26-27-21(28)30-13-19(29)25-24-11-15-4-3-5-18(23)10-15/h3-11H,1,12-13H2,2H3,(H,25,29)/b24-11+. The van der Waals surface area contributed by atoms with Crippen molar-refractivity contribution < 1.29 is 4.79 Å². The van der Waals surface area contributed by atoms with E-state index in [-0.39, 0.29) is 11.7 Å². The molecule has 0 fully saturated rings. The predicted molar refractivity (Wildman–Crippen MR) is 126 cm³/mol. The third-order valence-corrected chi connectivity index (χ3v) is 5.56. The minimum Gasteiger partial charge on any atom is -0.298 e. The summed E-state index contributed by atoms with van der Waals surface area (Å²) < 4.78 is 2.94. The lowest BCUT2D eigenvalue weighted by Crippen LogP contribution is -2.20. The Kier molecular flexibility index (Phi) is 7.84. The van der Waals surface area contributed by atoms with Crippen LogP contribution in [-0.4, -0.2) is 32.6 Å². The second-order valence-corrected chi connectivity index (χ2v) is 8.79. The summed E-state index contributed by atoms with van der Waals surface area (Å²) in [6.45, 7) is 6.50. The molecule has 1 heterocycles. The number of amides is 1. The number of carbonyl (C=O) groups is 1. The van der Waals surface area contributed by atoms with Gasteiger partial charge in [0.05, 0.1) is 12.0 Å². The van der Waals surface area contributed by atoms with Crippen LogP contribution in [0.4, 0.5) is 0 Å². The van der Waals surface area contributed by atoms with Gasteiger partial charge in [0.25, 0.3) is 5.91 Å². The molecule has 0 bridgehead atoms. The maximum atomic E-state index is 12.2. The van der Waals surface area contributed by atoms with E-state index < -0.39 is 0 Å². The number of thioether (sulfide) groups is 1. The first kappa shape index (κ1) is 22.3. The van der Waals surface area contributed by atoms with Gasteiger partial charge >= 0.3 is 0 Å². The highest BCUT2D eigenvalue weighted by Crippen LogP contribution is 2.26. The molecule has 6 nitrogen and oxygen atoms in total. The van der Waals surface area contributed by atoms with Crippen LogP contribution in [0.2, 0.25) is 5.02 Å². The monoisotopic (exact) mass is 503 g/mol. The van der Waals surface area contributed by atoms with Crippen LogP contribution in [0.3, 0.4) is 0 Å². The second-order valence-electron chi connectivity index (χ2n) is 6.49. The average Bonchev–Trinajstić information content (AvgIpc) is 3.09. The van der Waals surface area contributed by atoms with Crippen LogP contribution in [0, 0.1) is 0 Å². The molecule has 0 saturated carbocycles. The molecule has 0 aliphatic carbocycles. The maximum Gasteiger partial charge on any atom is 0.250 e. The normalized spacial score (nSPS) is 11.0. The summed E-state index contributed by atoms with van der Waals surface area (Å²) >= 11 is 10.7. The molecule has 30 heavy (non-hydrogen) atoms. The van der Waals surface area contributed by atoms with Gasteiger partial charge in [-0.3, -0.25) is 9.36 Å². The van der Waals surface area contributed by atoms with Crippen molar-refractivity contribution in [2.75, 3.05) is 5.75 Å². The van der Waals surface area contributed by atoms with Crippen molar-refractivity contribution in [1.29, 1.82) is 0 Å². The number of hydrogen-bond donors (Lipinski definition) is 1. The molecule has 1 amide bonds. The molecule has 154 valence electrons. The molecule has 0 aliphatic heterocycles. The molecule has 3 aromatic rings. The van der Waals surface area contributed by atoms with Crippen molar-refractivity contribution in [2.45, 2.75) is 18.6 Å². The largest absolute Gasteiger partial charge is 0.298 e. The SMILES string of the molecule is C=C(C)Cn1c(SCC(=O)N/N=C/c2cccc(Cl)c2)nnc1-c1ccc(Br)cc1. The van der Waals surface area contributed by atoms with Crippen molar-refractivity contribution in [1.82, 2.24) is 20.2 Å². The number of nitrogens with one attached hydrogen (secondary N) is 1. The van der Waals surface area contributed by atoms with Gasteiger partial charge in [0.2, 0.25) is 0 Å². The van der Waals surface area contributed by atoms with Crippen LogP contribution < -0.4 is 5.43 Å². The molecule has 0 spiro atoms. The first-order valence-corrected chi connectivity index (χ1v) is 11.1. The van der Waals surface area contributed by atoms with E-state index >= 15 is 0 Å². The number of carbonyl (C=O) groups excluding carboxylic acids is 1. The lowest BCUT2D eigenvalue weighted by atomic mass is 10.2. The van der Waals surface area contributed by atoms with Gasteiger partial charge in [0.15, 0.2) is 11.0 Å². The number of benzene rings is 2. The van der Waals surface area contributed by atoms with E-state index in [0.717, 1.165) is 27.0 Å².